The van der Waals surface area contributed by atoms with Gasteiger partial charge in [0, 0.05) is 6.54 Å². The Kier molecular flexibility index (Phi) is 4.19. The lowest BCUT2D eigenvalue weighted by atomic mass is 10.2. The number of carboxylic acids is 1. The van der Waals surface area contributed by atoms with Crippen LogP contribution in [-0.2, 0) is 4.79 Å². The summed E-state index contributed by atoms with van der Waals surface area (Å²) in [6, 6.07) is 0. The van der Waals surface area contributed by atoms with Gasteiger partial charge in [-0.3, -0.25) is 9.69 Å². The largest absolute Gasteiger partial charge is 0.481 e. The van der Waals surface area contributed by atoms with Crippen LogP contribution in [0.5, 0.6) is 0 Å². The van der Waals surface area contributed by atoms with Gasteiger partial charge in [0.05, 0.1) is 12.5 Å². The van der Waals surface area contributed by atoms with Crippen LogP contribution in [0.15, 0.2) is 0 Å². The fourth-order valence-electron chi connectivity index (χ4n) is 0.916. The Balaban J connectivity index is 3.88. The highest BCUT2D eigenvalue weighted by atomic mass is 19.4. The number of hydrogen-bond acceptors (Lipinski definition) is 2. The monoisotopic (exact) mass is 199 g/mol. The summed E-state index contributed by atoms with van der Waals surface area (Å²) in [6.45, 7) is 0.189. The summed E-state index contributed by atoms with van der Waals surface area (Å²) < 4.78 is 35.3. The van der Waals surface area contributed by atoms with E-state index >= 15 is 0 Å². The van der Waals surface area contributed by atoms with Gasteiger partial charge >= 0.3 is 12.1 Å². The van der Waals surface area contributed by atoms with Crippen molar-refractivity contribution in [1.82, 2.24) is 4.90 Å². The van der Waals surface area contributed by atoms with E-state index in [1.165, 1.54) is 14.0 Å². The van der Waals surface area contributed by atoms with Gasteiger partial charge in [-0.2, -0.15) is 13.2 Å². The van der Waals surface area contributed by atoms with E-state index in [9.17, 15) is 18.0 Å². The highest BCUT2D eigenvalue weighted by Gasteiger charge is 2.30. The number of hydrogen-bond donors (Lipinski definition) is 1. The lowest BCUT2D eigenvalue weighted by Gasteiger charge is -2.20. The predicted octanol–water partition coefficient (Wildman–Crippen LogP) is 1.20. The van der Waals surface area contributed by atoms with E-state index < -0.39 is 24.6 Å². The van der Waals surface area contributed by atoms with Crippen LogP contribution in [0.2, 0.25) is 0 Å². The second-order valence-corrected chi connectivity index (χ2v) is 3.05. The molecule has 0 aliphatic carbocycles. The number of carboxylic acid groups (broad SMARTS) is 1. The van der Waals surface area contributed by atoms with Crippen LogP contribution >= 0.6 is 0 Å². The molecule has 0 heterocycles. The van der Waals surface area contributed by atoms with Crippen molar-refractivity contribution in [3.05, 3.63) is 0 Å². The zero-order valence-electron chi connectivity index (χ0n) is 7.43. The number of rotatable bonds is 4. The lowest BCUT2D eigenvalue weighted by molar-refractivity contribution is -0.150. The molecule has 0 saturated carbocycles. The number of alkyl halides is 3. The van der Waals surface area contributed by atoms with Crippen molar-refractivity contribution in [3.63, 3.8) is 0 Å². The van der Waals surface area contributed by atoms with E-state index in [4.69, 9.17) is 5.11 Å². The van der Waals surface area contributed by atoms with Crippen molar-refractivity contribution < 1.29 is 23.1 Å². The van der Waals surface area contributed by atoms with Gasteiger partial charge in [-0.05, 0) is 7.05 Å². The third-order valence-electron chi connectivity index (χ3n) is 1.46. The van der Waals surface area contributed by atoms with E-state index in [1.54, 1.807) is 0 Å². The first-order valence-corrected chi connectivity index (χ1v) is 3.70. The van der Waals surface area contributed by atoms with Crippen LogP contribution < -0.4 is 0 Å². The average Bonchev–Trinajstić information content (AvgIpc) is 1.81. The summed E-state index contributed by atoms with van der Waals surface area (Å²) in [5.41, 5.74) is 0. The van der Waals surface area contributed by atoms with Crippen LogP contribution in [0.25, 0.3) is 0 Å². The Morgan fingerprint density at radius 1 is 1.54 bits per heavy atom. The Bertz CT molecular complexity index is 181. The first-order valence-electron chi connectivity index (χ1n) is 3.70. The van der Waals surface area contributed by atoms with Gasteiger partial charge in [-0.25, -0.2) is 0 Å². The molecule has 1 unspecified atom stereocenters. The molecule has 0 aromatic heterocycles. The minimum absolute atomic E-state index is 0.102. The Labute approximate surface area is 74.1 Å². The number of aliphatic carboxylic acids is 1. The van der Waals surface area contributed by atoms with Gasteiger partial charge in [-0.15, -0.1) is 0 Å². The average molecular weight is 199 g/mol. The normalized spacial score (nSPS) is 14.6. The van der Waals surface area contributed by atoms with Crippen LogP contribution in [-0.4, -0.2) is 42.3 Å². The van der Waals surface area contributed by atoms with E-state index in [0.29, 0.717) is 0 Å². The molecule has 78 valence electrons. The van der Waals surface area contributed by atoms with Gasteiger partial charge in [0.15, 0.2) is 0 Å². The zero-order valence-corrected chi connectivity index (χ0v) is 7.43. The minimum atomic E-state index is -4.27. The van der Waals surface area contributed by atoms with E-state index in [2.05, 4.69) is 0 Å². The molecule has 0 spiro atoms. The first kappa shape index (κ1) is 12.2. The summed E-state index contributed by atoms with van der Waals surface area (Å²) in [5, 5.41) is 8.42. The van der Waals surface area contributed by atoms with Crippen LogP contribution in [0.1, 0.15) is 6.92 Å². The quantitative estimate of drug-likeness (QED) is 0.739. The van der Waals surface area contributed by atoms with Crippen molar-refractivity contribution in [2.45, 2.75) is 13.1 Å². The topological polar surface area (TPSA) is 40.5 Å². The molecule has 0 bridgehead atoms. The molecule has 0 radical (unpaired) electrons. The molecular formula is C7H12F3NO2. The molecule has 1 N–H and O–H groups in total. The van der Waals surface area contributed by atoms with Crippen molar-refractivity contribution in [2.24, 2.45) is 5.92 Å². The van der Waals surface area contributed by atoms with Crippen LogP contribution in [0.4, 0.5) is 13.2 Å². The molecule has 0 aliphatic rings. The highest BCUT2D eigenvalue weighted by molar-refractivity contribution is 5.69. The van der Waals surface area contributed by atoms with Crippen molar-refractivity contribution in [3.8, 4) is 0 Å². The summed E-state index contributed by atoms with van der Waals surface area (Å²) >= 11 is 0. The van der Waals surface area contributed by atoms with Crippen molar-refractivity contribution in [1.29, 1.82) is 0 Å². The standard InChI is InChI=1S/C7H12F3NO2/c1-5(6(12)13)3-11(2)4-7(8,9)10/h5H,3-4H2,1-2H3,(H,12,13). The molecule has 3 nitrogen and oxygen atoms in total. The number of halogens is 3. The Morgan fingerprint density at radius 3 is 2.31 bits per heavy atom. The van der Waals surface area contributed by atoms with Crippen LogP contribution in [0, 0.1) is 5.92 Å². The Hall–Kier alpha value is -0.780. The van der Waals surface area contributed by atoms with Gasteiger partial charge < -0.3 is 5.11 Å². The smallest absolute Gasteiger partial charge is 0.401 e. The van der Waals surface area contributed by atoms with Gasteiger partial charge in [-0.1, -0.05) is 6.92 Å². The van der Waals surface area contributed by atoms with Crippen molar-refractivity contribution >= 4 is 5.97 Å². The summed E-state index contributed by atoms with van der Waals surface area (Å²) in [4.78, 5) is 11.2. The molecule has 0 aromatic carbocycles. The number of nitrogens with zero attached hydrogens (tertiary/aromatic N) is 1. The number of carbonyl (C=O) groups is 1. The van der Waals surface area contributed by atoms with Crippen molar-refractivity contribution in [2.75, 3.05) is 20.1 Å². The molecular weight excluding hydrogens is 187 g/mol. The lowest BCUT2D eigenvalue weighted by Crippen LogP contribution is -2.35. The minimum Gasteiger partial charge on any atom is -0.481 e. The maximum Gasteiger partial charge on any atom is 0.401 e. The zero-order chi connectivity index (χ0) is 10.6. The summed E-state index contributed by atoms with van der Waals surface area (Å²) in [7, 11) is 1.24. The second-order valence-electron chi connectivity index (χ2n) is 3.05. The molecule has 0 fully saturated rings. The van der Waals surface area contributed by atoms with Crippen LogP contribution in [0.3, 0.4) is 0 Å². The predicted molar refractivity (Wildman–Crippen MR) is 40.4 cm³/mol. The molecule has 0 aliphatic heterocycles. The molecule has 0 aromatic rings. The first-order chi connectivity index (χ1) is 5.72. The van der Waals surface area contributed by atoms with E-state index in [0.717, 1.165) is 4.90 Å². The fraction of sp³-hybridized carbons (Fsp3) is 0.857. The van der Waals surface area contributed by atoms with E-state index in [-0.39, 0.29) is 6.54 Å². The molecule has 0 rings (SSSR count). The Morgan fingerprint density at radius 2 is 2.00 bits per heavy atom. The second kappa shape index (κ2) is 4.45. The third kappa shape index (κ3) is 6.39. The van der Waals surface area contributed by atoms with Gasteiger partial charge in [0.2, 0.25) is 0 Å². The fourth-order valence-corrected chi connectivity index (χ4v) is 0.916. The molecule has 0 saturated heterocycles. The molecule has 13 heavy (non-hydrogen) atoms. The maximum atomic E-state index is 11.8. The summed E-state index contributed by atoms with van der Waals surface area (Å²) in [5.74, 6) is -1.87. The molecule has 1 atom stereocenters. The maximum absolute atomic E-state index is 11.8. The third-order valence-corrected chi connectivity index (χ3v) is 1.46. The van der Waals surface area contributed by atoms with E-state index in [1.807, 2.05) is 0 Å². The highest BCUT2D eigenvalue weighted by Crippen LogP contribution is 2.16. The van der Waals surface area contributed by atoms with Gasteiger partial charge in [0.1, 0.15) is 0 Å². The SMILES string of the molecule is CC(CN(C)CC(F)(F)F)C(=O)O. The van der Waals surface area contributed by atoms with Gasteiger partial charge in [0.25, 0.3) is 0 Å². The molecule has 0 amide bonds. The summed E-state index contributed by atoms with van der Waals surface area (Å²) in [6.07, 6.45) is -4.27. The molecule has 6 heteroatoms.